The van der Waals surface area contributed by atoms with E-state index in [0.29, 0.717) is 6.61 Å². The summed E-state index contributed by atoms with van der Waals surface area (Å²) in [4.78, 5) is 0. The summed E-state index contributed by atoms with van der Waals surface area (Å²) in [6.07, 6.45) is 1.44. The van der Waals surface area contributed by atoms with Crippen LogP contribution < -0.4 is 0 Å². The first-order valence-corrected chi connectivity index (χ1v) is 7.45. The second-order valence-corrected chi connectivity index (χ2v) is 7.93. The normalized spacial score (nSPS) is 11.2. The Morgan fingerprint density at radius 3 is 2.27 bits per heavy atom. The Labute approximate surface area is 72.6 Å². The summed E-state index contributed by atoms with van der Waals surface area (Å²) in [5, 5.41) is 2.05. The van der Waals surface area contributed by atoms with Gasteiger partial charge in [0.2, 0.25) is 0 Å². The van der Waals surface area contributed by atoms with Gasteiger partial charge in [-0.05, 0) is 0 Å². The van der Waals surface area contributed by atoms with E-state index in [1.807, 2.05) is 5.23 Å². The molecule has 4 heteroatoms. The Balaban J connectivity index is 3.59. The summed E-state index contributed by atoms with van der Waals surface area (Å²) in [5.41, 5.74) is 0. The molecule has 0 atom stereocenters. The summed E-state index contributed by atoms with van der Waals surface area (Å²) < 4.78 is 16.4. The first-order chi connectivity index (χ1) is 5.18. The molecule has 0 aliphatic carbocycles. The van der Waals surface area contributed by atoms with Gasteiger partial charge in [0.15, 0.2) is 0 Å². The van der Waals surface area contributed by atoms with E-state index in [1.54, 1.807) is 14.2 Å². The van der Waals surface area contributed by atoms with Gasteiger partial charge >= 0.3 is 72.4 Å². The topological polar surface area (TPSA) is 27.7 Å². The fourth-order valence-electron chi connectivity index (χ4n) is 0.615. The maximum absolute atomic E-state index is 5.28. The third-order valence-corrected chi connectivity index (χ3v) is 6.09. The standard InChI is InChI=1S/C4H7O.2CH3O.CH3.Ti/c1-3-5-4-2;2*1-2;;/h3H,1-2,4H2;2*1H3;1H3;/q;2*-1;;+2. The molecule has 0 radical (unpaired) electrons. The van der Waals surface area contributed by atoms with Crippen LogP contribution in [-0.4, -0.2) is 20.8 Å². The van der Waals surface area contributed by atoms with Crippen molar-refractivity contribution < 1.29 is 28.7 Å². The molecule has 0 bridgehead atoms. The van der Waals surface area contributed by atoms with Gasteiger partial charge in [-0.2, -0.15) is 0 Å². The molecule has 0 heterocycles. The van der Waals surface area contributed by atoms with E-state index in [-0.39, 0.29) is 0 Å². The van der Waals surface area contributed by atoms with Gasteiger partial charge in [-0.3, -0.25) is 0 Å². The van der Waals surface area contributed by atoms with Crippen LogP contribution in [-0.2, 0) is 28.7 Å². The molecule has 0 aromatic heterocycles. The molecule has 0 aliphatic rings. The van der Waals surface area contributed by atoms with Crippen LogP contribution >= 0.6 is 0 Å². The Bertz CT molecular complexity index is 112. The Morgan fingerprint density at radius 2 is 1.91 bits per heavy atom. The maximum atomic E-state index is 5.28. The van der Waals surface area contributed by atoms with Crippen molar-refractivity contribution in [3.8, 4) is 0 Å². The van der Waals surface area contributed by atoms with Crippen molar-refractivity contribution >= 4 is 0 Å². The molecule has 0 saturated carbocycles. The van der Waals surface area contributed by atoms with E-state index >= 15 is 0 Å². The quantitative estimate of drug-likeness (QED) is 0.369. The van der Waals surface area contributed by atoms with Crippen LogP contribution in [0.2, 0.25) is 9.95 Å². The van der Waals surface area contributed by atoms with Crippen molar-refractivity contribution in [1.29, 1.82) is 0 Å². The number of hydrogen-bond acceptors (Lipinski definition) is 3. The van der Waals surface area contributed by atoms with Crippen LogP contribution in [0, 0.1) is 0 Å². The minimum absolute atomic E-state index is 0.641. The molecule has 0 unspecified atom stereocenters. The molecule has 0 saturated heterocycles. The first kappa shape index (κ1) is 11.2. The van der Waals surface area contributed by atoms with Crippen LogP contribution in [0.3, 0.4) is 0 Å². The fraction of sp³-hybridized carbons (Fsp3) is 0.714. The molecule has 0 aromatic carbocycles. The van der Waals surface area contributed by atoms with E-state index in [9.17, 15) is 0 Å². The molecule has 0 aliphatic heterocycles. The number of ether oxygens (including phenoxy) is 1. The molecule has 0 N–H and O–H groups in total. The Morgan fingerprint density at radius 1 is 1.36 bits per heavy atom. The fourth-order valence-corrected chi connectivity index (χ4v) is 2.28. The molecular formula is C7H16O3Ti. The summed E-state index contributed by atoms with van der Waals surface area (Å²) in [7, 11) is 3.38. The average molecular weight is 196 g/mol. The molecule has 0 aromatic rings. The molecule has 0 amide bonds. The van der Waals surface area contributed by atoms with Crippen LogP contribution in [0.25, 0.3) is 0 Å². The third kappa shape index (κ3) is 4.59. The molecule has 0 rings (SSSR count). The predicted molar refractivity (Wildman–Crippen MR) is 40.8 cm³/mol. The van der Waals surface area contributed by atoms with Crippen LogP contribution in [0.15, 0.2) is 12.8 Å². The number of hydrogen-bond donors (Lipinski definition) is 0. The van der Waals surface area contributed by atoms with Crippen LogP contribution in [0.5, 0.6) is 0 Å². The monoisotopic (exact) mass is 196 g/mol. The van der Waals surface area contributed by atoms with E-state index in [2.05, 4.69) is 6.58 Å². The molecule has 3 nitrogen and oxygen atoms in total. The van der Waals surface area contributed by atoms with Gasteiger partial charge in [-0.1, -0.05) is 0 Å². The zero-order chi connectivity index (χ0) is 8.74. The third-order valence-electron chi connectivity index (χ3n) is 1.66. The summed E-state index contributed by atoms with van der Waals surface area (Å²) >= 11 is -2.39. The van der Waals surface area contributed by atoms with Gasteiger partial charge < -0.3 is 0 Å². The zero-order valence-electron chi connectivity index (χ0n) is 7.42. The van der Waals surface area contributed by atoms with Crippen molar-refractivity contribution in [3.63, 3.8) is 0 Å². The van der Waals surface area contributed by atoms with Gasteiger partial charge in [-0.25, -0.2) is 0 Å². The SMILES string of the molecule is C=COC[CH2][Ti]([CH3])([O]C)[O]C. The molecular weight excluding hydrogens is 180 g/mol. The van der Waals surface area contributed by atoms with E-state index in [0.717, 1.165) is 4.73 Å². The van der Waals surface area contributed by atoms with Crippen LogP contribution in [0.4, 0.5) is 0 Å². The summed E-state index contributed by atoms with van der Waals surface area (Å²) in [5.74, 6) is 0. The second-order valence-electron chi connectivity index (χ2n) is 2.33. The molecule has 11 heavy (non-hydrogen) atoms. The predicted octanol–water partition coefficient (Wildman–Crippen LogP) is 1.89. The van der Waals surface area contributed by atoms with Crippen molar-refractivity contribution in [1.82, 2.24) is 0 Å². The van der Waals surface area contributed by atoms with Crippen molar-refractivity contribution in [3.05, 3.63) is 12.8 Å². The summed E-state index contributed by atoms with van der Waals surface area (Å²) in [6.45, 7) is 4.09. The summed E-state index contributed by atoms with van der Waals surface area (Å²) in [6, 6.07) is 0. The van der Waals surface area contributed by atoms with Crippen molar-refractivity contribution in [2.75, 3.05) is 20.8 Å². The van der Waals surface area contributed by atoms with E-state index in [1.165, 1.54) is 6.26 Å². The van der Waals surface area contributed by atoms with Gasteiger partial charge in [0.05, 0.1) is 0 Å². The molecule has 0 fully saturated rings. The van der Waals surface area contributed by atoms with Gasteiger partial charge in [-0.15, -0.1) is 0 Å². The average Bonchev–Trinajstić information content (AvgIpc) is 2.05. The molecule has 66 valence electrons. The van der Waals surface area contributed by atoms with Crippen molar-refractivity contribution in [2.45, 2.75) is 9.95 Å². The first-order valence-electron chi connectivity index (χ1n) is 3.51. The van der Waals surface area contributed by atoms with Gasteiger partial charge in [0.25, 0.3) is 0 Å². The van der Waals surface area contributed by atoms with Gasteiger partial charge in [0, 0.05) is 0 Å². The van der Waals surface area contributed by atoms with E-state index < -0.39 is 17.4 Å². The Hall–Kier alpha value is 0.174. The minimum atomic E-state index is -2.39. The Kier molecular flexibility index (Phi) is 5.87. The van der Waals surface area contributed by atoms with Gasteiger partial charge in [0.1, 0.15) is 0 Å². The second kappa shape index (κ2) is 5.78. The van der Waals surface area contributed by atoms with E-state index in [4.69, 9.17) is 11.4 Å². The van der Waals surface area contributed by atoms with Crippen LogP contribution in [0.1, 0.15) is 0 Å². The number of rotatable bonds is 6. The molecule has 0 spiro atoms. The zero-order valence-corrected chi connectivity index (χ0v) is 8.98. The van der Waals surface area contributed by atoms with Crippen molar-refractivity contribution in [2.24, 2.45) is 0 Å².